The summed E-state index contributed by atoms with van der Waals surface area (Å²) >= 11 is 0. The molecule has 0 aliphatic rings. The van der Waals surface area contributed by atoms with Gasteiger partial charge in [0.15, 0.2) is 15.9 Å². The maximum atomic E-state index is 12.3. The molecule has 0 aliphatic heterocycles. The first-order chi connectivity index (χ1) is 14.4. The Morgan fingerprint density at radius 1 is 1.13 bits per heavy atom. The van der Waals surface area contributed by atoms with Crippen LogP contribution in [0.1, 0.15) is 49.0 Å². The molecule has 0 spiro atoms. The monoisotopic (exact) mass is 448 g/mol. The highest BCUT2D eigenvalue weighted by Crippen LogP contribution is 2.25. The number of rotatable bonds is 8. The molecular formula is C21H24N2O7S. The molecule has 2 aromatic carbocycles. The Hall–Kier alpha value is -3.27. The van der Waals surface area contributed by atoms with E-state index in [-0.39, 0.29) is 5.56 Å². The Kier molecular flexibility index (Phi) is 7.50. The number of nitrogens with one attached hydrogen (secondary N) is 1. The minimum Gasteiger partial charge on any atom is -0.449 e. The number of carbonyl (C=O) groups excluding carboxylic acids is 2. The predicted molar refractivity (Wildman–Crippen MR) is 115 cm³/mol. The third-order valence-corrected chi connectivity index (χ3v) is 5.95. The molecule has 2 atom stereocenters. The fourth-order valence-electron chi connectivity index (χ4n) is 2.76. The van der Waals surface area contributed by atoms with E-state index in [1.807, 2.05) is 12.1 Å². The summed E-state index contributed by atoms with van der Waals surface area (Å²) < 4.78 is 28.5. The van der Waals surface area contributed by atoms with Crippen molar-refractivity contribution in [2.75, 3.05) is 11.6 Å². The number of esters is 1. The number of ether oxygens (including phenoxy) is 1. The molecule has 1 N–H and O–H groups in total. The van der Waals surface area contributed by atoms with Crippen molar-refractivity contribution in [2.45, 2.75) is 44.1 Å². The summed E-state index contributed by atoms with van der Waals surface area (Å²) in [6, 6.07) is 10.2. The molecule has 0 bridgehead atoms. The summed E-state index contributed by atoms with van der Waals surface area (Å²) in [6.45, 7) is 5.54. The molecule has 1 amide bonds. The van der Waals surface area contributed by atoms with Crippen molar-refractivity contribution in [3.05, 3.63) is 63.7 Å². The number of benzene rings is 2. The molecule has 9 nitrogen and oxygen atoms in total. The first-order valence-electron chi connectivity index (χ1n) is 9.54. The fraction of sp³-hybridized carbons (Fsp3) is 0.333. The van der Waals surface area contributed by atoms with E-state index in [9.17, 15) is 28.1 Å². The molecule has 31 heavy (non-hydrogen) atoms. The zero-order valence-corrected chi connectivity index (χ0v) is 18.4. The van der Waals surface area contributed by atoms with Gasteiger partial charge in [0, 0.05) is 18.0 Å². The standard InChI is InChI=1S/C21H24N2O7S/c1-5-13(2)15-6-9-17(10-7-15)22-20(24)14(3)30-21(25)16-8-11-19(31(4,28)29)18(12-16)23(26)27/h6-14H,5H2,1-4H3,(H,22,24)/t13-,14+/m1/s1. The Bertz CT molecular complexity index is 1100. The Morgan fingerprint density at radius 3 is 2.26 bits per heavy atom. The van der Waals surface area contributed by atoms with Gasteiger partial charge < -0.3 is 10.1 Å². The van der Waals surface area contributed by atoms with E-state index in [2.05, 4.69) is 19.2 Å². The minimum absolute atomic E-state index is 0.239. The zero-order chi connectivity index (χ0) is 23.3. The molecule has 0 saturated heterocycles. The van der Waals surface area contributed by atoms with Crippen LogP contribution in [0.3, 0.4) is 0 Å². The molecule has 0 heterocycles. The number of hydrogen-bond donors (Lipinski definition) is 1. The van der Waals surface area contributed by atoms with Crippen LogP contribution in [0.4, 0.5) is 11.4 Å². The van der Waals surface area contributed by atoms with Crippen LogP contribution in [0.2, 0.25) is 0 Å². The van der Waals surface area contributed by atoms with E-state index in [1.165, 1.54) is 6.92 Å². The first-order valence-corrected chi connectivity index (χ1v) is 11.4. The highest BCUT2D eigenvalue weighted by Gasteiger charge is 2.26. The molecule has 0 radical (unpaired) electrons. The SMILES string of the molecule is CC[C@@H](C)c1ccc(NC(=O)[C@H](C)OC(=O)c2ccc(S(C)(=O)=O)c([N+](=O)[O-])c2)cc1. The van der Waals surface area contributed by atoms with Crippen molar-refractivity contribution in [3.63, 3.8) is 0 Å². The van der Waals surface area contributed by atoms with Crippen molar-refractivity contribution < 1.29 is 27.7 Å². The van der Waals surface area contributed by atoms with Crippen molar-refractivity contribution in [2.24, 2.45) is 0 Å². The van der Waals surface area contributed by atoms with Crippen LogP contribution in [-0.4, -0.2) is 37.6 Å². The molecule has 0 saturated carbocycles. The van der Waals surface area contributed by atoms with Crippen LogP contribution < -0.4 is 5.32 Å². The smallest absolute Gasteiger partial charge is 0.339 e. The molecule has 0 aliphatic carbocycles. The summed E-state index contributed by atoms with van der Waals surface area (Å²) in [6.07, 6.45) is 0.632. The van der Waals surface area contributed by atoms with Gasteiger partial charge in [-0.2, -0.15) is 0 Å². The lowest BCUT2D eigenvalue weighted by Gasteiger charge is -2.15. The second kappa shape index (κ2) is 9.69. The molecule has 10 heteroatoms. The van der Waals surface area contributed by atoms with Gasteiger partial charge in [-0.25, -0.2) is 13.2 Å². The highest BCUT2D eigenvalue weighted by molar-refractivity contribution is 7.90. The van der Waals surface area contributed by atoms with Crippen molar-refractivity contribution in [1.82, 2.24) is 0 Å². The Labute approximate surface area is 180 Å². The van der Waals surface area contributed by atoms with Crippen LogP contribution in [-0.2, 0) is 19.4 Å². The van der Waals surface area contributed by atoms with Gasteiger partial charge in [-0.1, -0.05) is 26.0 Å². The highest BCUT2D eigenvalue weighted by atomic mass is 32.2. The van der Waals surface area contributed by atoms with E-state index < -0.39 is 43.3 Å². The zero-order valence-electron chi connectivity index (χ0n) is 17.6. The van der Waals surface area contributed by atoms with Crippen LogP contribution in [0, 0.1) is 10.1 Å². The molecule has 0 fully saturated rings. The van der Waals surface area contributed by atoms with E-state index >= 15 is 0 Å². The third-order valence-electron chi connectivity index (χ3n) is 4.80. The number of anilines is 1. The number of amides is 1. The molecular weight excluding hydrogens is 424 g/mol. The number of nitrogens with zero attached hydrogens (tertiary/aromatic N) is 1. The van der Waals surface area contributed by atoms with E-state index in [1.54, 1.807) is 12.1 Å². The van der Waals surface area contributed by atoms with Gasteiger partial charge in [0.2, 0.25) is 0 Å². The normalized spacial score (nSPS) is 13.2. The number of carbonyl (C=O) groups is 2. The van der Waals surface area contributed by atoms with Gasteiger partial charge in [0.05, 0.1) is 10.5 Å². The molecule has 2 rings (SSSR count). The van der Waals surface area contributed by atoms with Crippen molar-refractivity contribution in [1.29, 1.82) is 0 Å². The quantitative estimate of drug-likeness (QED) is 0.370. The maximum Gasteiger partial charge on any atom is 0.339 e. The van der Waals surface area contributed by atoms with Crippen LogP contribution in [0.15, 0.2) is 47.4 Å². The summed E-state index contributed by atoms with van der Waals surface area (Å²) in [5.74, 6) is -1.17. The fourth-order valence-corrected chi connectivity index (χ4v) is 3.59. The summed E-state index contributed by atoms with van der Waals surface area (Å²) in [4.78, 5) is 34.4. The van der Waals surface area contributed by atoms with E-state index in [4.69, 9.17) is 4.74 Å². The summed E-state index contributed by atoms with van der Waals surface area (Å²) in [7, 11) is -3.86. The van der Waals surface area contributed by atoms with Crippen LogP contribution in [0.5, 0.6) is 0 Å². The van der Waals surface area contributed by atoms with E-state index in [0.29, 0.717) is 11.6 Å². The number of nitro groups is 1. The Morgan fingerprint density at radius 2 is 1.74 bits per heavy atom. The maximum absolute atomic E-state index is 12.3. The summed E-state index contributed by atoms with van der Waals surface area (Å²) in [5, 5.41) is 13.8. The topological polar surface area (TPSA) is 133 Å². The lowest BCUT2D eigenvalue weighted by Crippen LogP contribution is -2.30. The predicted octanol–water partition coefficient (Wildman–Crippen LogP) is 3.70. The van der Waals surface area contributed by atoms with Crippen molar-refractivity contribution >= 4 is 33.1 Å². The first kappa shape index (κ1) is 24.0. The van der Waals surface area contributed by atoms with Gasteiger partial charge in [0.1, 0.15) is 4.90 Å². The van der Waals surface area contributed by atoms with Crippen LogP contribution >= 0.6 is 0 Å². The van der Waals surface area contributed by atoms with Gasteiger partial charge in [-0.05, 0) is 49.1 Å². The summed E-state index contributed by atoms with van der Waals surface area (Å²) in [5.41, 5.74) is 0.694. The second-order valence-corrected chi connectivity index (χ2v) is 9.16. The lowest BCUT2D eigenvalue weighted by atomic mass is 9.99. The van der Waals surface area contributed by atoms with Crippen molar-refractivity contribution in [3.8, 4) is 0 Å². The third kappa shape index (κ3) is 6.11. The van der Waals surface area contributed by atoms with Gasteiger partial charge in [-0.3, -0.25) is 14.9 Å². The number of nitro benzene ring substituents is 1. The lowest BCUT2D eigenvalue weighted by molar-refractivity contribution is -0.387. The van der Waals surface area contributed by atoms with Gasteiger partial charge >= 0.3 is 5.97 Å². The number of sulfone groups is 1. The molecule has 0 unspecified atom stereocenters. The molecule has 166 valence electrons. The average Bonchev–Trinajstić information content (AvgIpc) is 2.72. The van der Waals surface area contributed by atoms with E-state index in [0.717, 1.165) is 36.4 Å². The second-order valence-electron chi connectivity index (χ2n) is 7.18. The average molecular weight is 448 g/mol. The van der Waals surface area contributed by atoms with Crippen LogP contribution in [0.25, 0.3) is 0 Å². The largest absolute Gasteiger partial charge is 0.449 e. The Balaban J connectivity index is 2.10. The molecule has 2 aromatic rings. The molecule has 0 aromatic heterocycles. The minimum atomic E-state index is -3.86. The number of hydrogen-bond acceptors (Lipinski definition) is 7. The van der Waals surface area contributed by atoms with Gasteiger partial charge in [0.25, 0.3) is 11.6 Å². The van der Waals surface area contributed by atoms with Gasteiger partial charge in [-0.15, -0.1) is 0 Å².